The Bertz CT molecular complexity index is 455. The van der Waals surface area contributed by atoms with E-state index < -0.39 is 0 Å². The van der Waals surface area contributed by atoms with E-state index in [9.17, 15) is 0 Å². The van der Waals surface area contributed by atoms with Crippen molar-refractivity contribution >= 4 is 22.9 Å². The molecule has 1 atom stereocenters. The van der Waals surface area contributed by atoms with Gasteiger partial charge in [-0.2, -0.15) is 0 Å². The lowest BCUT2D eigenvalue weighted by atomic mass is 10.1. The molecular weight excluding hydrogens is 230 g/mol. The van der Waals surface area contributed by atoms with Crippen molar-refractivity contribution in [2.24, 2.45) is 5.73 Å². The third-order valence-corrected chi connectivity index (χ3v) is 3.93. The van der Waals surface area contributed by atoms with Gasteiger partial charge in [0.2, 0.25) is 0 Å². The second kappa shape index (κ2) is 4.00. The number of hydrogen-bond donors (Lipinski definition) is 1. The summed E-state index contributed by atoms with van der Waals surface area (Å²) in [6, 6.07) is 3.84. The normalized spacial score (nSPS) is 13.1. The smallest absolute Gasteiger partial charge is 0.101 e. The zero-order valence-electron chi connectivity index (χ0n) is 8.58. The Kier molecular flexibility index (Phi) is 2.87. The molecule has 0 aromatic carbocycles. The second-order valence-electron chi connectivity index (χ2n) is 3.57. The molecule has 2 rings (SSSR count). The van der Waals surface area contributed by atoms with Crippen molar-refractivity contribution in [2.75, 3.05) is 0 Å². The van der Waals surface area contributed by atoms with Gasteiger partial charge in [-0.1, -0.05) is 11.6 Å². The molecule has 0 aliphatic carbocycles. The standard InChI is InChI=1S/C11H12ClNOS/c1-6-3-9(15-11(6)12)10(13)8-4-7(2)14-5-8/h3-5,10H,13H2,1-2H3. The van der Waals surface area contributed by atoms with Gasteiger partial charge in [0.15, 0.2) is 0 Å². The van der Waals surface area contributed by atoms with Crippen LogP contribution in [0.5, 0.6) is 0 Å². The van der Waals surface area contributed by atoms with Crippen molar-refractivity contribution in [3.8, 4) is 0 Å². The van der Waals surface area contributed by atoms with E-state index in [1.54, 1.807) is 6.26 Å². The van der Waals surface area contributed by atoms with Gasteiger partial charge in [-0.3, -0.25) is 0 Å². The summed E-state index contributed by atoms with van der Waals surface area (Å²) in [5.41, 5.74) is 8.17. The van der Waals surface area contributed by atoms with Crippen LogP contribution in [0, 0.1) is 13.8 Å². The molecule has 1 unspecified atom stereocenters. The summed E-state index contributed by atoms with van der Waals surface area (Å²) in [6.45, 7) is 3.89. The number of hydrogen-bond acceptors (Lipinski definition) is 3. The fourth-order valence-electron chi connectivity index (χ4n) is 1.43. The van der Waals surface area contributed by atoms with Crippen LogP contribution in [0.25, 0.3) is 0 Å². The molecule has 2 aromatic rings. The minimum absolute atomic E-state index is 0.140. The van der Waals surface area contributed by atoms with Crippen LogP contribution in [0.2, 0.25) is 4.34 Å². The first kappa shape index (κ1) is 10.7. The van der Waals surface area contributed by atoms with E-state index in [2.05, 4.69) is 0 Å². The third kappa shape index (κ3) is 2.09. The molecule has 0 radical (unpaired) electrons. The summed E-state index contributed by atoms with van der Waals surface area (Å²) in [6.07, 6.45) is 1.70. The fourth-order valence-corrected chi connectivity index (χ4v) is 2.68. The highest BCUT2D eigenvalue weighted by molar-refractivity contribution is 7.16. The average molecular weight is 242 g/mol. The van der Waals surface area contributed by atoms with Gasteiger partial charge in [-0.15, -0.1) is 11.3 Å². The second-order valence-corrected chi connectivity index (χ2v) is 5.26. The van der Waals surface area contributed by atoms with Crippen molar-refractivity contribution in [1.29, 1.82) is 0 Å². The highest BCUT2D eigenvalue weighted by atomic mass is 35.5. The van der Waals surface area contributed by atoms with Gasteiger partial charge in [0, 0.05) is 10.4 Å². The lowest BCUT2D eigenvalue weighted by Gasteiger charge is -2.05. The maximum atomic E-state index is 6.10. The quantitative estimate of drug-likeness (QED) is 0.872. The maximum Gasteiger partial charge on any atom is 0.101 e. The zero-order valence-corrected chi connectivity index (χ0v) is 10.2. The number of halogens is 1. The molecule has 0 saturated heterocycles. The Morgan fingerprint density at radius 1 is 1.40 bits per heavy atom. The molecular formula is C11H12ClNOS. The molecule has 2 N–H and O–H groups in total. The van der Waals surface area contributed by atoms with E-state index >= 15 is 0 Å². The Hall–Kier alpha value is -0.770. The first-order valence-corrected chi connectivity index (χ1v) is 5.84. The summed E-state index contributed by atoms with van der Waals surface area (Å²) < 4.78 is 6.04. The van der Waals surface area contributed by atoms with Crippen LogP contribution in [-0.2, 0) is 0 Å². The van der Waals surface area contributed by atoms with Gasteiger partial charge in [0.05, 0.1) is 16.6 Å². The molecule has 2 aromatic heterocycles. The van der Waals surface area contributed by atoms with E-state index in [4.69, 9.17) is 21.8 Å². The highest BCUT2D eigenvalue weighted by Gasteiger charge is 2.14. The van der Waals surface area contributed by atoms with Crippen LogP contribution in [0.1, 0.15) is 27.8 Å². The molecule has 0 aliphatic rings. The van der Waals surface area contributed by atoms with Crippen LogP contribution in [0.4, 0.5) is 0 Å². The number of furan rings is 1. The molecule has 0 amide bonds. The molecule has 0 aliphatic heterocycles. The first-order chi connectivity index (χ1) is 7.08. The van der Waals surface area contributed by atoms with Crippen molar-refractivity contribution in [2.45, 2.75) is 19.9 Å². The van der Waals surface area contributed by atoms with Gasteiger partial charge < -0.3 is 10.2 Å². The molecule has 0 bridgehead atoms. The largest absolute Gasteiger partial charge is 0.469 e. The summed E-state index contributed by atoms with van der Waals surface area (Å²) in [5.74, 6) is 0.875. The zero-order chi connectivity index (χ0) is 11.0. The van der Waals surface area contributed by atoms with Crippen molar-refractivity contribution in [3.63, 3.8) is 0 Å². The van der Waals surface area contributed by atoms with Crippen molar-refractivity contribution in [3.05, 3.63) is 44.5 Å². The topological polar surface area (TPSA) is 39.2 Å². The number of nitrogens with two attached hydrogens (primary N) is 1. The van der Waals surface area contributed by atoms with E-state index in [1.807, 2.05) is 26.0 Å². The fraction of sp³-hybridized carbons (Fsp3) is 0.273. The van der Waals surface area contributed by atoms with Gasteiger partial charge in [0.1, 0.15) is 5.76 Å². The first-order valence-electron chi connectivity index (χ1n) is 4.64. The predicted octanol–water partition coefficient (Wildman–Crippen LogP) is 3.66. The molecule has 15 heavy (non-hydrogen) atoms. The molecule has 0 saturated carbocycles. The predicted molar refractivity (Wildman–Crippen MR) is 63.5 cm³/mol. The molecule has 2 nitrogen and oxygen atoms in total. The Morgan fingerprint density at radius 2 is 2.13 bits per heavy atom. The monoisotopic (exact) mass is 241 g/mol. The third-order valence-electron chi connectivity index (χ3n) is 2.29. The lowest BCUT2D eigenvalue weighted by molar-refractivity contribution is 0.530. The summed E-state index contributed by atoms with van der Waals surface area (Å²) in [5, 5.41) is 0. The van der Waals surface area contributed by atoms with E-state index in [0.29, 0.717) is 0 Å². The van der Waals surface area contributed by atoms with Gasteiger partial charge >= 0.3 is 0 Å². The number of rotatable bonds is 2. The molecule has 4 heteroatoms. The molecule has 0 fully saturated rings. The summed E-state index contributed by atoms with van der Waals surface area (Å²) >= 11 is 7.53. The average Bonchev–Trinajstić information content (AvgIpc) is 2.74. The lowest BCUT2D eigenvalue weighted by Crippen LogP contribution is -2.08. The molecule has 0 spiro atoms. The van der Waals surface area contributed by atoms with Crippen molar-refractivity contribution in [1.82, 2.24) is 0 Å². The SMILES string of the molecule is Cc1cc(C(N)c2cc(C)c(Cl)s2)co1. The van der Waals surface area contributed by atoms with Crippen LogP contribution >= 0.6 is 22.9 Å². The van der Waals surface area contributed by atoms with Crippen LogP contribution < -0.4 is 5.73 Å². The molecule has 2 heterocycles. The summed E-state index contributed by atoms with van der Waals surface area (Å²) in [7, 11) is 0. The van der Waals surface area contributed by atoms with E-state index in [-0.39, 0.29) is 6.04 Å². The molecule has 80 valence electrons. The summed E-state index contributed by atoms with van der Waals surface area (Å²) in [4.78, 5) is 1.07. The van der Waals surface area contributed by atoms with E-state index in [1.165, 1.54) is 11.3 Å². The van der Waals surface area contributed by atoms with Gasteiger partial charge in [-0.05, 0) is 31.5 Å². The number of thiophene rings is 1. The Labute approximate surface area is 97.7 Å². The Balaban J connectivity index is 2.31. The number of aryl methyl sites for hydroxylation is 2. The minimum atomic E-state index is -0.140. The van der Waals surface area contributed by atoms with Crippen LogP contribution in [-0.4, -0.2) is 0 Å². The van der Waals surface area contributed by atoms with Crippen molar-refractivity contribution < 1.29 is 4.42 Å². The van der Waals surface area contributed by atoms with Gasteiger partial charge in [-0.25, -0.2) is 0 Å². The minimum Gasteiger partial charge on any atom is -0.469 e. The van der Waals surface area contributed by atoms with Crippen LogP contribution in [0.15, 0.2) is 22.8 Å². The highest BCUT2D eigenvalue weighted by Crippen LogP contribution is 2.33. The maximum absolute atomic E-state index is 6.10. The van der Waals surface area contributed by atoms with Gasteiger partial charge in [0.25, 0.3) is 0 Å². The Morgan fingerprint density at radius 3 is 2.60 bits per heavy atom. The van der Waals surface area contributed by atoms with E-state index in [0.717, 1.165) is 26.1 Å². The van der Waals surface area contributed by atoms with Crippen LogP contribution in [0.3, 0.4) is 0 Å².